The molecule has 0 spiro atoms. The highest BCUT2D eigenvalue weighted by molar-refractivity contribution is 4.98. The maximum Gasteiger partial charge on any atom is 0.103 e. The number of hydrogen-bond donors (Lipinski definition) is 1. The lowest BCUT2D eigenvalue weighted by Crippen LogP contribution is -2.37. The van der Waals surface area contributed by atoms with Gasteiger partial charge in [-0.05, 0) is 50.7 Å². The third-order valence-electron chi connectivity index (χ3n) is 3.53. The van der Waals surface area contributed by atoms with Crippen LogP contribution in [-0.4, -0.2) is 12.1 Å². The molecule has 0 bridgehead atoms. The van der Waals surface area contributed by atoms with E-state index in [0.29, 0.717) is 6.04 Å². The maximum atomic E-state index is 5.35. The van der Waals surface area contributed by atoms with Crippen LogP contribution >= 0.6 is 0 Å². The summed E-state index contributed by atoms with van der Waals surface area (Å²) in [6.45, 7) is 4.57. The summed E-state index contributed by atoms with van der Waals surface area (Å²) in [7, 11) is 0. The lowest BCUT2D eigenvalue weighted by atomic mass is 10.1. The first-order valence-corrected chi connectivity index (χ1v) is 6.58. The summed E-state index contributed by atoms with van der Waals surface area (Å²) in [5.41, 5.74) is 0. The third-order valence-corrected chi connectivity index (χ3v) is 3.53. The highest BCUT2D eigenvalue weighted by Crippen LogP contribution is 2.34. The first-order chi connectivity index (χ1) is 7.79. The van der Waals surface area contributed by atoms with E-state index in [0.717, 1.165) is 30.6 Å². The fourth-order valence-corrected chi connectivity index (χ4v) is 2.35. The molecule has 2 nitrogen and oxygen atoms in total. The minimum absolute atomic E-state index is 0.593. The van der Waals surface area contributed by atoms with Gasteiger partial charge in [-0.3, -0.25) is 0 Å². The molecule has 1 N–H and O–H groups in total. The van der Waals surface area contributed by atoms with Crippen molar-refractivity contribution in [1.82, 2.24) is 5.32 Å². The summed E-state index contributed by atoms with van der Waals surface area (Å²) in [5.74, 6) is 2.06. The summed E-state index contributed by atoms with van der Waals surface area (Å²) in [4.78, 5) is 0. The zero-order valence-corrected chi connectivity index (χ0v) is 10.4. The van der Waals surface area contributed by atoms with Crippen LogP contribution in [-0.2, 0) is 6.42 Å². The molecule has 1 aliphatic carbocycles. The van der Waals surface area contributed by atoms with E-state index >= 15 is 0 Å². The normalized spacial score (nSPS) is 19.6. The van der Waals surface area contributed by atoms with Crippen LogP contribution in [0.5, 0.6) is 0 Å². The average Bonchev–Trinajstić information content (AvgIpc) is 3.00. The minimum Gasteiger partial charge on any atom is -0.469 e. The number of aryl methyl sites for hydroxylation is 1. The van der Waals surface area contributed by atoms with Crippen molar-refractivity contribution in [3.63, 3.8) is 0 Å². The molecule has 0 saturated heterocycles. The second-order valence-electron chi connectivity index (χ2n) is 5.04. The molecule has 0 aliphatic heterocycles. The lowest BCUT2D eigenvalue weighted by Gasteiger charge is -2.21. The summed E-state index contributed by atoms with van der Waals surface area (Å²) in [5, 5.41) is 3.75. The Hall–Kier alpha value is -0.760. The van der Waals surface area contributed by atoms with Gasteiger partial charge < -0.3 is 9.73 Å². The Morgan fingerprint density at radius 3 is 2.88 bits per heavy atom. The van der Waals surface area contributed by atoms with Crippen LogP contribution in [0.3, 0.4) is 0 Å². The maximum absolute atomic E-state index is 5.35. The number of nitrogens with one attached hydrogen (secondary N) is 1. The highest BCUT2D eigenvalue weighted by atomic mass is 16.3. The van der Waals surface area contributed by atoms with Gasteiger partial charge in [-0.25, -0.2) is 0 Å². The van der Waals surface area contributed by atoms with Gasteiger partial charge in [0, 0.05) is 18.5 Å². The van der Waals surface area contributed by atoms with E-state index < -0.39 is 0 Å². The molecule has 90 valence electrons. The van der Waals surface area contributed by atoms with Crippen LogP contribution in [0.15, 0.2) is 22.8 Å². The van der Waals surface area contributed by atoms with Crippen molar-refractivity contribution in [3.8, 4) is 0 Å². The minimum atomic E-state index is 0.593. The zero-order valence-electron chi connectivity index (χ0n) is 10.4. The number of rotatable bonds is 7. The molecular weight excluding hydrogens is 198 g/mol. The molecule has 1 heterocycles. The Morgan fingerprint density at radius 2 is 2.31 bits per heavy atom. The first-order valence-electron chi connectivity index (χ1n) is 6.58. The Balaban J connectivity index is 1.68. The molecule has 0 amide bonds. The van der Waals surface area contributed by atoms with Crippen LogP contribution in [0.4, 0.5) is 0 Å². The van der Waals surface area contributed by atoms with Gasteiger partial charge in [-0.2, -0.15) is 0 Å². The second kappa shape index (κ2) is 5.53. The Bertz CT molecular complexity index is 290. The first kappa shape index (κ1) is 11.7. The number of hydrogen-bond acceptors (Lipinski definition) is 2. The van der Waals surface area contributed by atoms with Crippen molar-refractivity contribution in [2.75, 3.05) is 0 Å². The molecule has 1 fully saturated rings. The van der Waals surface area contributed by atoms with Crippen molar-refractivity contribution in [2.45, 2.75) is 58.0 Å². The van der Waals surface area contributed by atoms with Crippen LogP contribution < -0.4 is 5.32 Å². The van der Waals surface area contributed by atoms with Gasteiger partial charge >= 0.3 is 0 Å². The molecule has 0 radical (unpaired) electrons. The fourth-order valence-electron chi connectivity index (χ4n) is 2.35. The second-order valence-corrected chi connectivity index (χ2v) is 5.04. The monoisotopic (exact) mass is 221 g/mol. The number of furan rings is 1. The molecule has 1 saturated carbocycles. The average molecular weight is 221 g/mol. The lowest BCUT2D eigenvalue weighted by molar-refractivity contribution is 0.377. The van der Waals surface area contributed by atoms with Crippen molar-refractivity contribution in [3.05, 3.63) is 24.2 Å². The third kappa shape index (κ3) is 3.38. The van der Waals surface area contributed by atoms with Crippen LogP contribution in [0.25, 0.3) is 0 Å². The smallest absolute Gasteiger partial charge is 0.103 e. The van der Waals surface area contributed by atoms with E-state index in [-0.39, 0.29) is 0 Å². The molecular formula is C14H23NO. The molecule has 2 unspecified atom stereocenters. The fraction of sp³-hybridized carbons (Fsp3) is 0.714. The Kier molecular flexibility index (Phi) is 4.05. The molecule has 2 atom stereocenters. The summed E-state index contributed by atoms with van der Waals surface area (Å²) in [6.07, 6.45) is 8.08. The molecule has 1 aromatic rings. The SMILES string of the molecule is CCC(NC(C)CCc1ccco1)C1CC1. The largest absolute Gasteiger partial charge is 0.469 e. The molecule has 2 heteroatoms. The van der Waals surface area contributed by atoms with Crippen LogP contribution in [0, 0.1) is 5.92 Å². The van der Waals surface area contributed by atoms with Gasteiger partial charge in [0.05, 0.1) is 6.26 Å². The summed E-state index contributed by atoms with van der Waals surface area (Å²) in [6, 6.07) is 5.36. The van der Waals surface area contributed by atoms with Gasteiger partial charge in [0.15, 0.2) is 0 Å². The quantitative estimate of drug-likeness (QED) is 0.763. The van der Waals surface area contributed by atoms with Crippen molar-refractivity contribution in [2.24, 2.45) is 5.92 Å². The van der Waals surface area contributed by atoms with E-state index in [1.165, 1.54) is 19.3 Å². The Morgan fingerprint density at radius 1 is 1.50 bits per heavy atom. The van der Waals surface area contributed by atoms with Crippen LogP contribution in [0.2, 0.25) is 0 Å². The summed E-state index contributed by atoms with van der Waals surface area (Å²) >= 11 is 0. The van der Waals surface area contributed by atoms with E-state index in [1.54, 1.807) is 6.26 Å². The van der Waals surface area contributed by atoms with Crippen molar-refractivity contribution >= 4 is 0 Å². The highest BCUT2D eigenvalue weighted by Gasteiger charge is 2.30. The van der Waals surface area contributed by atoms with E-state index in [1.807, 2.05) is 6.07 Å². The van der Waals surface area contributed by atoms with Gasteiger partial charge in [-0.1, -0.05) is 6.92 Å². The van der Waals surface area contributed by atoms with E-state index in [9.17, 15) is 0 Å². The van der Waals surface area contributed by atoms with Gasteiger partial charge in [0.1, 0.15) is 5.76 Å². The zero-order chi connectivity index (χ0) is 11.4. The van der Waals surface area contributed by atoms with Crippen molar-refractivity contribution in [1.29, 1.82) is 0 Å². The van der Waals surface area contributed by atoms with Crippen LogP contribution in [0.1, 0.15) is 45.3 Å². The van der Waals surface area contributed by atoms with Gasteiger partial charge in [0.2, 0.25) is 0 Å². The molecule has 1 aliphatic rings. The summed E-state index contributed by atoms with van der Waals surface area (Å²) < 4.78 is 5.35. The van der Waals surface area contributed by atoms with Gasteiger partial charge in [0.25, 0.3) is 0 Å². The molecule has 16 heavy (non-hydrogen) atoms. The van der Waals surface area contributed by atoms with Crippen molar-refractivity contribution < 1.29 is 4.42 Å². The van der Waals surface area contributed by atoms with Gasteiger partial charge in [-0.15, -0.1) is 0 Å². The predicted molar refractivity (Wildman–Crippen MR) is 66.4 cm³/mol. The van der Waals surface area contributed by atoms with E-state index in [4.69, 9.17) is 4.42 Å². The topological polar surface area (TPSA) is 25.2 Å². The molecule has 1 aromatic heterocycles. The molecule has 0 aromatic carbocycles. The molecule has 2 rings (SSSR count). The van der Waals surface area contributed by atoms with E-state index in [2.05, 4.69) is 25.2 Å². The Labute approximate surface area is 98.4 Å². The standard InChI is InChI=1S/C14H23NO/c1-3-14(12-7-8-12)15-11(2)6-9-13-5-4-10-16-13/h4-5,10-12,14-15H,3,6-9H2,1-2H3. The predicted octanol–water partition coefficient (Wildman–Crippen LogP) is 3.38.